The molecule has 0 radical (unpaired) electrons. The Morgan fingerprint density at radius 1 is 1.30 bits per heavy atom. The minimum Gasteiger partial charge on any atom is -0.103 e. The number of rotatable bonds is 2. The van der Waals surface area contributed by atoms with Gasteiger partial charge in [0.25, 0.3) is 0 Å². The van der Waals surface area contributed by atoms with Gasteiger partial charge in [0.1, 0.15) is 0 Å². The molecule has 0 aromatic carbocycles. The highest BCUT2D eigenvalue weighted by Gasteiger charge is 2.14. The van der Waals surface area contributed by atoms with Crippen molar-refractivity contribution >= 4 is 0 Å². The molecule has 0 spiro atoms. The van der Waals surface area contributed by atoms with Crippen molar-refractivity contribution in [3.8, 4) is 0 Å². The quantitative estimate of drug-likeness (QED) is 0.509. The second-order valence-electron chi connectivity index (χ2n) is 2.72. The summed E-state index contributed by atoms with van der Waals surface area (Å²) >= 11 is 0. The van der Waals surface area contributed by atoms with Gasteiger partial charge in [-0.25, -0.2) is 0 Å². The molecule has 1 rings (SSSR count). The first-order valence-corrected chi connectivity index (χ1v) is 3.80. The van der Waals surface area contributed by atoms with Crippen molar-refractivity contribution in [2.45, 2.75) is 12.8 Å². The van der Waals surface area contributed by atoms with Crippen molar-refractivity contribution in [2.75, 3.05) is 0 Å². The smallest absolute Gasteiger partial charge is 0.000670 e. The van der Waals surface area contributed by atoms with E-state index in [1.807, 2.05) is 12.2 Å². The van der Waals surface area contributed by atoms with E-state index >= 15 is 0 Å². The Balaban J connectivity index is 2.64. The maximum Gasteiger partial charge on any atom is 0.000670 e. The summed E-state index contributed by atoms with van der Waals surface area (Å²) in [5.74, 6) is 1.16. The van der Waals surface area contributed by atoms with E-state index in [0.29, 0.717) is 11.8 Å². The van der Waals surface area contributed by atoms with Crippen LogP contribution < -0.4 is 0 Å². The SMILES string of the molecule is C=C[C@@H]1C=CCC[C@H]1C=C. The molecular formula is C10H14. The van der Waals surface area contributed by atoms with Crippen LogP contribution in [0.4, 0.5) is 0 Å². The molecule has 0 saturated carbocycles. The van der Waals surface area contributed by atoms with Crippen molar-refractivity contribution < 1.29 is 0 Å². The molecule has 1 aliphatic rings. The van der Waals surface area contributed by atoms with Crippen molar-refractivity contribution in [3.05, 3.63) is 37.5 Å². The van der Waals surface area contributed by atoms with Gasteiger partial charge < -0.3 is 0 Å². The molecule has 54 valence electrons. The van der Waals surface area contributed by atoms with Crippen LogP contribution in [-0.4, -0.2) is 0 Å². The van der Waals surface area contributed by atoms with Gasteiger partial charge in [-0.3, -0.25) is 0 Å². The van der Waals surface area contributed by atoms with Gasteiger partial charge in [0.05, 0.1) is 0 Å². The summed E-state index contributed by atoms with van der Waals surface area (Å²) in [4.78, 5) is 0. The zero-order valence-corrected chi connectivity index (χ0v) is 6.29. The Hall–Kier alpha value is -0.780. The van der Waals surface area contributed by atoms with Crippen molar-refractivity contribution in [1.29, 1.82) is 0 Å². The fourth-order valence-electron chi connectivity index (χ4n) is 1.41. The van der Waals surface area contributed by atoms with E-state index in [-0.39, 0.29) is 0 Å². The van der Waals surface area contributed by atoms with Gasteiger partial charge in [-0.1, -0.05) is 24.3 Å². The molecule has 0 aliphatic heterocycles. The summed E-state index contributed by atoms with van der Waals surface area (Å²) in [6.07, 6.45) is 10.9. The largest absolute Gasteiger partial charge is 0.103 e. The summed E-state index contributed by atoms with van der Waals surface area (Å²) in [7, 11) is 0. The van der Waals surface area contributed by atoms with Gasteiger partial charge in [0, 0.05) is 5.92 Å². The van der Waals surface area contributed by atoms with Crippen LogP contribution in [-0.2, 0) is 0 Å². The lowest BCUT2D eigenvalue weighted by Crippen LogP contribution is -2.10. The monoisotopic (exact) mass is 134 g/mol. The molecule has 0 nitrogen and oxygen atoms in total. The molecule has 0 saturated heterocycles. The van der Waals surface area contributed by atoms with E-state index in [1.165, 1.54) is 12.8 Å². The molecule has 0 bridgehead atoms. The number of allylic oxidation sites excluding steroid dienone is 4. The van der Waals surface area contributed by atoms with E-state index in [9.17, 15) is 0 Å². The minimum atomic E-state index is 0.534. The Morgan fingerprint density at radius 3 is 2.60 bits per heavy atom. The van der Waals surface area contributed by atoms with Gasteiger partial charge in [0.15, 0.2) is 0 Å². The maximum atomic E-state index is 3.80. The average Bonchev–Trinajstić information content (AvgIpc) is 2.04. The maximum absolute atomic E-state index is 3.80. The van der Waals surface area contributed by atoms with E-state index in [2.05, 4.69) is 25.3 Å². The van der Waals surface area contributed by atoms with Crippen LogP contribution in [0, 0.1) is 11.8 Å². The van der Waals surface area contributed by atoms with Gasteiger partial charge in [-0.15, -0.1) is 13.2 Å². The molecule has 1 aliphatic carbocycles. The summed E-state index contributed by atoms with van der Waals surface area (Å²) < 4.78 is 0. The Labute approximate surface area is 62.9 Å². The molecule has 0 heteroatoms. The summed E-state index contributed by atoms with van der Waals surface area (Å²) in [5, 5.41) is 0. The Morgan fingerprint density at radius 2 is 2.10 bits per heavy atom. The van der Waals surface area contributed by atoms with Crippen molar-refractivity contribution in [2.24, 2.45) is 11.8 Å². The van der Waals surface area contributed by atoms with E-state index < -0.39 is 0 Å². The predicted molar refractivity (Wildman–Crippen MR) is 45.7 cm³/mol. The summed E-state index contributed by atoms with van der Waals surface area (Å²) in [5.41, 5.74) is 0. The second-order valence-corrected chi connectivity index (χ2v) is 2.72. The van der Waals surface area contributed by atoms with Gasteiger partial charge in [-0.2, -0.15) is 0 Å². The van der Waals surface area contributed by atoms with Crippen LogP contribution in [0.15, 0.2) is 37.5 Å². The van der Waals surface area contributed by atoms with Crippen LogP contribution >= 0.6 is 0 Å². The van der Waals surface area contributed by atoms with Crippen LogP contribution in [0.25, 0.3) is 0 Å². The molecule has 0 heterocycles. The topological polar surface area (TPSA) is 0 Å². The molecule has 0 aromatic rings. The Kier molecular flexibility index (Phi) is 2.49. The van der Waals surface area contributed by atoms with E-state index in [0.717, 1.165) is 0 Å². The first-order chi connectivity index (χ1) is 4.88. The van der Waals surface area contributed by atoms with Crippen LogP contribution in [0.1, 0.15) is 12.8 Å². The molecule has 0 fully saturated rings. The van der Waals surface area contributed by atoms with Crippen molar-refractivity contribution in [3.63, 3.8) is 0 Å². The highest BCUT2D eigenvalue weighted by atomic mass is 14.2. The van der Waals surface area contributed by atoms with Gasteiger partial charge in [-0.05, 0) is 18.8 Å². The average molecular weight is 134 g/mol. The normalized spacial score (nSPS) is 31.6. The van der Waals surface area contributed by atoms with Crippen LogP contribution in [0.2, 0.25) is 0 Å². The van der Waals surface area contributed by atoms with Gasteiger partial charge >= 0.3 is 0 Å². The highest BCUT2D eigenvalue weighted by Crippen LogP contribution is 2.25. The molecule has 0 amide bonds. The van der Waals surface area contributed by atoms with E-state index in [1.54, 1.807) is 0 Å². The third-order valence-corrected chi connectivity index (χ3v) is 2.09. The fraction of sp³-hybridized carbons (Fsp3) is 0.400. The third-order valence-electron chi connectivity index (χ3n) is 2.09. The second kappa shape index (κ2) is 3.40. The molecule has 0 unspecified atom stereocenters. The van der Waals surface area contributed by atoms with Crippen LogP contribution in [0.3, 0.4) is 0 Å². The first kappa shape index (κ1) is 7.33. The lowest BCUT2D eigenvalue weighted by molar-refractivity contribution is 0.498. The lowest BCUT2D eigenvalue weighted by Gasteiger charge is -2.21. The number of hydrogen-bond acceptors (Lipinski definition) is 0. The zero-order chi connectivity index (χ0) is 7.40. The zero-order valence-electron chi connectivity index (χ0n) is 6.29. The number of hydrogen-bond donors (Lipinski definition) is 0. The molecule has 0 aromatic heterocycles. The molecule has 10 heavy (non-hydrogen) atoms. The fourth-order valence-corrected chi connectivity index (χ4v) is 1.41. The minimum absolute atomic E-state index is 0.534. The van der Waals surface area contributed by atoms with Gasteiger partial charge in [0.2, 0.25) is 0 Å². The molecular weight excluding hydrogens is 120 g/mol. The first-order valence-electron chi connectivity index (χ1n) is 3.80. The standard InChI is InChI=1S/C10H14/c1-3-9-7-5-6-8-10(9)4-2/h3-5,7,9-10H,1-2,6,8H2/t9-,10-/m1/s1. The predicted octanol–water partition coefficient (Wildman–Crippen LogP) is 2.94. The van der Waals surface area contributed by atoms with E-state index in [4.69, 9.17) is 0 Å². The summed E-state index contributed by atoms with van der Waals surface area (Å²) in [6, 6.07) is 0. The van der Waals surface area contributed by atoms with Crippen molar-refractivity contribution in [1.82, 2.24) is 0 Å². The third kappa shape index (κ3) is 1.38. The van der Waals surface area contributed by atoms with Crippen LogP contribution in [0.5, 0.6) is 0 Å². The summed E-state index contributed by atoms with van der Waals surface area (Å²) in [6.45, 7) is 7.58. The highest BCUT2D eigenvalue weighted by molar-refractivity contribution is 5.08. The molecule has 0 N–H and O–H groups in total. The molecule has 2 atom stereocenters. The lowest BCUT2D eigenvalue weighted by atomic mass is 9.84. The Bertz CT molecular complexity index is 153.